The number of piperidine rings is 1. The van der Waals surface area contributed by atoms with Gasteiger partial charge in [-0.25, -0.2) is 4.68 Å². The molecule has 0 bridgehead atoms. The Morgan fingerprint density at radius 1 is 1.21 bits per heavy atom. The predicted molar refractivity (Wildman–Crippen MR) is 92.1 cm³/mol. The maximum Gasteiger partial charge on any atom is 0.244 e. The Morgan fingerprint density at radius 3 is 2.67 bits per heavy atom. The zero-order chi connectivity index (χ0) is 17.1. The fourth-order valence-electron chi connectivity index (χ4n) is 3.03. The minimum atomic E-state index is -0.177. The van der Waals surface area contributed by atoms with Gasteiger partial charge in [0.05, 0.1) is 29.3 Å². The Morgan fingerprint density at radius 2 is 1.96 bits per heavy atom. The molecule has 1 N–H and O–H groups in total. The molecule has 1 aliphatic rings. The topological polar surface area (TPSA) is 67.2 Å². The van der Waals surface area contributed by atoms with Gasteiger partial charge in [-0.3, -0.25) is 9.59 Å². The lowest BCUT2D eigenvalue weighted by Crippen LogP contribution is -2.40. The normalized spacial score (nSPS) is 14.8. The van der Waals surface area contributed by atoms with E-state index in [0.717, 1.165) is 29.9 Å². The van der Waals surface area contributed by atoms with Gasteiger partial charge in [0, 0.05) is 13.0 Å². The SMILES string of the molecule is Cc1nn(-c2ccccc2)c(C)c1NC(=O)CN1CCCCC1=O. The van der Waals surface area contributed by atoms with Crippen molar-refractivity contribution >= 4 is 17.5 Å². The predicted octanol–water partition coefficient (Wildman–Crippen LogP) is 2.44. The number of amides is 2. The van der Waals surface area contributed by atoms with Crippen molar-refractivity contribution in [3.8, 4) is 5.69 Å². The van der Waals surface area contributed by atoms with E-state index in [2.05, 4.69) is 10.4 Å². The summed E-state index contributed by atoms with van der Waals surface area (Å²) in [4.78, 5) is 25.8. The molecule has 2 amide bonds. The van der Waals surface area contributed by atoms with Crippen molar-refractivity contribution in [2.24, 2.45) is 0 Å². The maximum absolute atomic E-state index is 12.3. The molecule has 0 spiro atoms. The summed E-state index contributed by atoms with van der Waals surface area (Å²) >= 11 is 0. The highest BCUT2D eigenvalue weighted by Gasteiger charge is 2.22. The number of likely N-dealkylation sites (tertiary alicyclic amines) is 1. The van der Waals surface area contributed by atoms with Crippen molar-refractivity contribution in [2.45, 2.75) is 33.1 Å². The van der Waals surface area contributed by atoms with E-state index in [0.29, 0.717) is 18.7 Å². The number of aryl methyl sites for hydroxylation is 1. The van der Waals surface area contributed by atoms with Gasteiger partial charge in [-0.05, 0) is 38.8 Å². The van der Waals surface area contributed by atoms with E-state index < -0.39 is 0 Å². The molecule has 1 aliphatic heterocycles. The van der Waals surface area contributed by atoms with Crippen LogP contribution in [0.2, 0.25) is 0 Å². The number of anilines is 1. The molecule has 3 rings (SSSR count). The molecule has 0 atom stereocenters. The van der Waals surface area contributed by atoms with Crippen LogP contribution in [0.25, 0.3) is 5.69 Å². The smallest absolute Gasteiger partial charge is 0.244 e. The van der Waals surface area contributed by atoms with Crippen LogP contribution in [0.5, 0.6) is 0 Å². The summed E-state index contributed by atoms with van der Waals surface area (Å²) in [6, 6.07) is 9.79. The molecule has 2 heterocycles. The quantitative estimate of drug-likeness (QED) is 0.938. The summed E-state index contributed by atoms with van der Waals surface area (Å²) in [6.07, 6.45) is 2.42. The standard InChI is InChI=1S/C18H22N4O2/c1-13-18(14(2)22(20-13)15-8-4-3-5-9-15)19-16(23)12-21-11-7-6-10-17(21)24/h3-5,8-9H,6-7,10-12H2,1-2H3,(H,19,23). The van der Waals surface area contributed by atoms with Crippen molar-refractivity contribution in [3.63, 3.8) is 0 Å². The molecule has 126 valence electrons. The first-order chi connectivity index (χ1) is 11.6. The highest BCUT2D eigenvalue weighted by molar-refractivity contribution is 5.95. The lowest BCUT2D eigenvalue weighted by atomic mass is 10.1. The van der Waals surface area contributed by atoms with Crippen LogP contribution in [0.4, 0.5) is 5.69 Å². The van der Waals surface area contributed by atoms with Crippen LogP contribution in [0.3, 0.4) is 0 Å². The van der Waals surface area contributed by atoms with Gasteiger partial charge in [-0.15, -0.1) is 0 Å². The number of nitrogens with one attached hydrogen (secondary N) is 1. The monoisotopic (exact) mass is 326 g/mol. The summed E-state index contributed by atoms with van der Waals surface area (Å²) in [5, 5.41) is 7.44. The largest absolute Gasteiger partial charge is 0.333 e. The third kappa shape index (κ3) is 3.32. The van der Waals surface area contributed by atoms with Crippen LogP contribution in [-0.4, -0.2) is 39.6 Å². The molecular weight excluding hydrogens is 304 g/mol. The third-order valence-electron chi connectivity index (χ3n) is 4.31. The minimum absolute atomic E-state index is 0.0600. The highest BCUT2D eigenvalue weighted by atomic mass is 16.2. The zero-order valence-electron chi connectivity index (χ0n) is 14.1. The molecule has 1 fully saturated rings. The van der Waals surface area contributed by atoms with E-state index >= 15 is 0 Å². The van der Waals surface area contributed by atoms with Gasteiger partial charge >= 0.3 is 0 Å². The van der Waals surface area contributed by atoms with Crippen LogP contribution in [0.1, 0.15) is 30.7 Å². The maximum atomic E-state index is 12.3. The first-order valence-corrected chi connectivity index (χ1v) is 8.25. The molecule has 6 nitrogen and oxygen atoms in total. The average molecular weight is 326 g/mol. The first-order valence-electron chi connectivity index (χ1n) is 8.25. The van der Waals surface area contributed by atoms with Crippen molar-refractivity contribution in [1.82, 2.24) is 14.7 Å². The Hall–Kier alpha value is -2.63. The van der Waals surface area contributed by atoms with Crippen LogP contribution in [-0.2, 0) is 9.59 Å². The summed E-state index contributed by atoms with van der Waals surface area (Å²) < 4.78 is 1.82. The molecule has 0 aliphatic carbocycles. The van der Waals surface area contributed by atoms with E-state index in [9.17, 15) is 9.59 Å². The van der Waals surface area contributed by atoms with Gasteiger partial charge in [0.15, 0.2) is 0 Å². The second kappa shape index (κ2) is 6.86. The molecule has 24 heavy (non-hydrogen) atoms. The number of hydrogen-bond donors (Lipinski definition) is 1. The van der Waals surface area contributed by atoms with E-state index in [1.54, 1.807) is 4.90 Å². The number of hydrogen-bond acceptors (Lipinski definition) is 3. The van der Waals surface area contributed by atoms with Crippen LogP contribution in [0.15, 0.2) is 30.3 Å². The Kier molecular flexibility index (Phi) is 4.64. The van der Waals surface area contributed by atoms with Crippen molar-refractivity contribution in [1.29, 1.82) is 0 Å². The van der Waals surface area contributed by atoms with E-state index in [1.807, 2.05) is 48.9 Å². The number of benzene rings is 1. The molecule has 6 heteroatoms. The minimum Gasteiger partial charge on any atom is -0.333 e. The Balaban J connectivity index is 1.74. The molecule has 1 saturated heterocycles. The van der Waals surface area contributed by atoms with Crippen LogP contribution in [0, 0.1) is 13.8 Å². The van der Waals surface area contributed by atoms with Gasteiger partial charge in [-0.1, -0.05) is 18.2 Å². The molecular formula is C18H22N4O2. The van der Waals surface area contributed by atoms with E-state index in [4.69, 9.17) is 0 Å². The number of nitrogens with zero attached hydrogens (tertiary/aromatic N) is 3. The summed E-state index contributed by atoms with van der Waals surface area (Å²) in [7, 11) is 0. The second-order valence-electron chi connectivity index (χ2n) is 6.11. The molecule has 0 radical (unpaired) electrons. The molecule has 2 aromatic rings. The van der Waals surface area contributed by atoms with Crippen molar-refractivity contribution < 1.29 is 9.59 Å². The van der Waals surface area contributed by atoms with Crippen molar-refractivity contribution in [2.75, 3.05) is 18.4 Å². The fraction of sp³-hybridized carbons (Fsp3) is 0.389. The zero-order valence-corrected chi connectivity index (χ0v) is 14.1. The van der Waals surface area contributed by atoms with Crippen LogP contribution < -0.4 is 5.32 Å². The number of carbonyl (C=O) groups is 2. The molecule has 1 aromatic heterocycles. The number of aromatic nitrogens is 2. The van der Waals surface area contributed by atoms with Crippen molar-refractivity contribution in [3.05, 3.63) is 41.7 Å². The second-order valence-corrected chi connectivity index (χ2v) is 6.11. The van der Waals surface area contributed by atoms with Gasteiger partial charge < -0.3 is 10.2 Å². The Bertz CT molecular complexity index is 752. The van der Waals surface area contributed by atoms with Crippen LogP contribution >= 0.6 is 0 Å². The molecule has 0 saturated carbocycles. The molecule has 0 unspecified atom stereocenters. The average Bonchev–Trinajstić information content (AvgIpc) is 2.86. The summed E-state index contributed by atoms with van der Waals surface area (Å²) in [6.45, 7) is 4.56. The number of carbonyl (C=O) groups excluding carboxylic acids is 2. The number of rotatable bonds is 4. The Labute approximate surface area is 141 Å². The lowest BCUT2D eigenvalue weighted by Gasteiger charge is -2.25. The van der Waals surface area contributed by atoms with Gasteiger partial charge in [-0.2, -0.15) is 5.10 Å². The summed E-state index contributed by atoms with van der Waals surface area (Å²) in [5.41, 5.74) is 3.30. The highest BCUT2D eigenvalue weighted by Crippen LogP contribution is 2.22. The number of para-hydroxylation sites is 1. The summed E-state index contributed by atoms with van der Waals surface area (Å²) in [5.74, 6) is -0.117. The third-order valence-corrected chi connectivity index (χ3v) is 4.31. The van der Waals surface area contributed by atoms with Gasteiger partial charge in [0.2, 0.25) is 11.8 Å². The van der Waals surface area contributed by atoms with E-state index in [-0.39, 0.29) is 18.4 Å². The van der Waals surface area contributed by atoms with Gasteiger partial charge in [0.1, 0.15) is 0 Å². The van der Waals surface area contributed by atoms with Gasteiger partial charge in [0.25, 0.3) is 0 Å². The fourth-order valence-corrected chi connectivity index (χ4v) is 3.03. The lowest BCUT2D eigenvalue weighted by molar-refractivity contribution is -0.136. The first kappa shape index (κ1) is 16.2. The van der Waals surface area contributed by atoms with E-state index in [1.165, 1.54) is 0 Å². The molecule has 1 aromatic carbocycles.